The largest absolute Gasteiger partial charge is 0.459 e. The molecule has 332 valence electrons. The molecule has 0 unspecified atom stereocenters. The molecule has 0 aliphatic carbocycles. The first kappa shape index (κ1) is 47.6. The molecule has 15 nitrogen and oxygen atoms in total. The van der Waals surface area contributed by atoms with Crippen LogP contribution in [0.5, 0.6) is 0 Å². The summed E-state index contributed by atoms with van der Waals surface area (Å²) in [6.45, 7) is 15.0. The summed E-state index contributed by atoms with van der Waals surface area (Å²) in [5, 5.41) is 28.6. The van der Waals surface area contributed by atoms with Gasteiger partial charge in [0.2, 0.25) is 5.91 Å². The fourth-order valence-electron chi connectivity index (χ4n) is 8.91. The van der Waals surface area contributed by atoms with Crippen LogP contribution in [0, 0.1) is 23.7 Å². The highest BCUT2D eigenvalue weighted by atomic mass is 32.1. The summed E-state index contributed by atoms with van der Waals surface area (Å²) < 4.78 is 32.5. The minimum absolute atomic E-state index is 0.140. The Bertz CT molecular complexity index is 1850. The summed E-state index contributed by atoms with van der Waals surface area (Å²) in [4.78, 5) is 59.8. The molecule has 2 bridgehead atoms. The second kappa shape index (κ2) is 20.1. The van der Waals surface area contributed by atoms with E-state index in [2.05, 4.69) is 15.1 Å². The van der Waals surface area contributed by atoms with Crippen molar-refractivity contribution in [2.75, 3.05) is 27.3 Å². The van der Waals surface area contributed by atoms with Crippen LogP contribution in [0.3, 0.4) is 0 Å². The van der Waals surface area contributed by atoms with Crippen LogP contribution >= 0.6 is 11.3 Å². The summed E-state index contributed by atoms with van der Waals surface area (Å²) >= 11 is 1.54. The monoisotopic (exact) mass is 856 g/mol. The van der Waals surface area contributed by atoms with Crippen molar-refractivity contribution in [3.8, 4) is 10.4 Å². The number of ether oxygens (including phenoxy) is 5. The zero-order valence-corrected chi connectivity index (χ0v) is 37.6. The zero-order chi connectivity index (χ0) is 44.1. The van der Waals surface area contributed by atoms with Crippen molar-refractivity contribution in [2.24, 2.45) is 33.8 Å². The van der Waals surface area contributed by atoms with Crippen molar-refractivity contribution in [3.05, 3.63) is 41.5 Å². The molecule has 5 rings (SSSR count). The van der Waals surface area contributed by atoms with Gasteiger partial charge in [0.25, 0.3) is 0 Å². The first-order valence-corrected chi connectivity index (χ1v) is 21.7. The second-order valence-electron chi connectivity index (χ2n) is 17.3. The number of aliphatic hydroxyl groups is 2. The Kier molecular flexibility index (Phi) is 16.0. The summed E-state index contributed by atoms with van der Waals surface area (Å²) in [6, 6.07) is 7.49. The molecular weight excluding hydrogens is 793 g/mol. The molecule has 13 atom stereocenters. The lowest BCUT2D eigenvalue weighted by Gasteiger charge is -2.47. The van der Waals surface area contributed by atoms with Crippen molar-refractivity contribution >= 4 is 40.4 Å². The number of likely N-dealkylation sites (N-methyl/N-ethyl adjacent to an activating group) is 1. The van der Waals surface area contributed by atoms with Crippen LogP contribution in [0.15, 0.2) is 46.8 Å². The van der Waals surface area contributed by atoms with Crippen LogP contribution in [-0.4, -0.2) is 131 Å². The third-order valence-corrected chi connectivity index (χ3v) is 13.2. The fraction of sp³-hybridized carbons (Fsp3) is 0.682. The number of cyclic esters (lactones) is 1. The summed E-state index contributed by atoms with van der Waals surface area (Å²) in [5.74, 6) is -5.28. The number of Topliss-reactive ketones (excluding diaryl/α,β-unsaturated/α-hetero) is 1. The van der Waals surface area contributed by atoms with Crippen molar-refractivity contribution in [1.82, 2.24) is 9.88 Å². The van der Waals surface area contributed by atoms with Gasteiger partial charge < -0.3 is 43.6 Å². The predicted octanol–water partition coefficient (Wildman–Crippen LogP) is 5.25. The Morgan fingerprint density at radius 3 is 2.47 bits per heavy atom. The Balaban J connectivity index is 1.64. The van der Waals surface area contributed by atoms with E-state index in [1.165, 1.54) is 20.8 Å². The third kappa shape index (κ3) is 10.9. The molecule has 60 heavy (non-hydrogen) atoms. The summed E-state index contributed by atoms with van der Waals surface area (Å²) in [6.07, 6.45) is -1.54. The fourth-order valence-corrected chi connectivity index (χ4v) is 9.82. The number of nitrogens with zero attached hydrogens (tertiary/aromatic N) is 4. The molecule has 2 aromatic heterocycles. The lowest BCUT2D eigenvalue weighted by atomic mass is 9.73. The Hall–Kier alpha value is -3.48. The second-order valence-corrected chi connectivity index (χ2v) is 18.5. The maximum atomic E-state index is 14.5. The molecule has 5 heterocycles. The molecule has 16 heteroatoms. The molecular formula is C44H64N4O11S. The molecule has 3 aliphatic rings. The summed E-state index contributed by atoms with van der Waals surface area (Å²) in [5.41, 5.74) is -1.52. The molecule has 0 radical (unpaired) electrons. The van der Waals surface area contributed by atoms with Gasteiger partial charge in [-0.25, -0.2) is 4.99 Å². The molecule has 3 saturated heterocycles. The van der Waals surface area contributed by atoms with Gasteiger partial charge in [-0.2, -0.15) is 0 Å². The van der Waals surface area contributed by atoms with E-state index in [1.807, 2.05) is 64.0 Å². The number of fused-ring (bicyclic) bond motifs is 5. The van der Waals surface area contributed by atoms with E-state index in [1.54, 1.807) is 44.5 Å². The molecule has 2 N–H and O–H groups in total. The SMILES string of the molecule is CC[C@H]1OC(=O)[C@H](C)C(=O)[C@H](C)[C@@H](O[C@@H]2O[C@H](C)C[C@H](N(C)C)[C@H]2O)[C@@]2(C)C[C@@H](C)C(=NC(C)=O)[C@H](C)[C@H](OC/C(=N\OCc3ccc(-c4cccnc4)s3)CO2)[C@]1(C)O. The number of amides is 1. The van der Waals surface area contributed by atoms with Crippen molar-refractivity contribution < 1.29 is 53.1 Å². The van der Waals surface area contributed by atoms with Crippen molar-refractivity contribution in [1.29, 1.82) is 0 Å². The number of aliphatic imine (C=N–C) groups is 1. The van der Waals surface area contributed by atoms with Crippen LogP contribution in [0.2, 0.25) is 0 Å². The van der Waals surface area contributed by atoms with Gasteiger partial charge in [-0.15, -0.1) is 11.3 Å². The topological polar surface area (TPSA) is 188 Å². The number of thiophene rings is 1. The standard InChI is InChI=1S/C44H64N4O11S/c1-12-35-44(9,53)40-26(4)36(46-29(7)49)24(2)19-43(8,55-22-31(21-54-40)47-56-23-32-15-16-34(60-32)30-14-13-17-45-20-30)39(27(5)37(50)28(6)41(52)58-35)59-42-38(51)33(48(10)11)18-25(3)57-42/h13-17,20,24-28,33,35,38-40,42,51,53H,12,18-19,21-23H2,1-11H3/b46-36?,47-31+/t24-,25-,26+,27+,28-,33+,35-,38-,39-,40+,42+,43-,44-/m1/s1. The minimum atomic E-state index is -1.84. The molecule has 0 aromatic carbocycles. The number of aliphatic hydroxyl groups excluding tert-OH is 1. The maximum Gasteiger partial charge on any atom is 0.316 e. The zero-order valence-electron chi connectivity index (χ0n) is 36.8. The lowest BCUT2D eigenvalue weighted by molar-refractivity contribution is -0.296. The van der Waals surface area contributed by atoms with Gasteiger partial charge in [-0.05, 0) is 85.2 Å². The highest BCUT2D eigenvalue weighted by Crippen LogP contribution is 2.40. The first-order valence-electron chi connectivity index (χ1n) is 20.9. The molecule has 0 spiro atoms. The number of esters is 1. The van der Waals surface area contributed by atoms with E-state index in [4.69, 9.17) is 28.5 Å². The number of ketones is 1. The number of hydrogen-bond donors (Lipinski definition) is 2. The first-order chi connectivity index (χ1) is 28.3. The number of rotatable bonds is 8. The quantitative estimate of drug-likeness (QED) is 0.200. The number of carbonyl (C=O) groups excluding carboxylic acids is 3. The number of aromatic nitrogens is 1. The number of carbonyl (C=O) groups is 3. The highest BCUT2D eigenvalue weighted by molar-refractivity contribution is 7.15. The van der Waals surface area contributed by atoms with Gasteiger partial charge in [0.1, 0.15) is 29.4 Å². The Morgan fingerprint density at radius 2 is 1.82 bits per heavy atom. The molecule has 0 saturated carbocycles. The van der Waals surface area contributed by atoms with Gasteiger partial charge in [-0.3, -0.25) is 19.4 Å². The Morgan fingerprint density at radius 1 is 1.08 bits per heavy atom. The number of hydrogen-bond acceptors (Lipinski definition) is 15. The molecule has 2 aromatic rings. The average Bonchev–Trinajstić information content (AvgIpc) is 3.67. The van der Waals surface area contributed by atoms with E-state index < -0.39 is 83.2 Å². The van der Waals surface area contributed by atoms with Gasteiger partial charge >= 0.3 is 5.97 Å². The third-order valence-electron chi connectivity index (χ3n) is 12.1. The highest BCUT2D eigenvalue weighted by Gasteiger charge is 2.53. The molecule has 3 aliphatic heterocycles. The van der Waals surface area contributed by atoms with E-state index in [0.29, 0.717) is 17.8 Å². The van der Waals surface area contributed by atoms with E-state index in [9.17, 15) is 24.6 Å². The predicted molar refractivity (Wildman–Crippen MR) is 226 cm³/mol. The smallest absolute Gasteiger partial charge is 0.316 e. The average molecular weight is 857 g/mol. The van der Waals surface area contributed by atoms with E-state index in [-0.39, 0.29) is 44.8 Å². The number of pyridine rings is 1. The van der Waals surface area contributed by atoms with Gasteiger partial charge in [0.15, 0.2) is 18.7 Å². The lowest BCUT2D eigenvalue weighted by Crippen LogP contribution is -2.60. The van der Waals surface area contributed by atoms with Gasteiger partial charge in [0.05, 0.1) is 37.1 Å². The van der Waals surface area contributed by atoms with Gasteiger partial charge in [0, 0.05) is 58.2 Å². The maximum absolute atomic E-state index is 14.5. The van der Waals surface area contributed by atoms with Crippen LogP contribution in [0.4, 0.5) is 0 Å². The van der Waals surface area contributed by atoms with Crippen LogP contribution in [0.1, 0.15) is 86.5 Å². The van der Waals surface area contributed by atoms with E-state index in [0.717, 1.165) is 15.3 Å². The number of oxime groups is 1. The van der Waals surface area contributed by atoms with Gasteiger partial charge in [-0.1, -0.05) is 38.9 Å². The molecule has 1 amide bonds. The van der Waals surface area contributed by atoms with Crippen molar-refractivity contribution in [2.45, 2.75) is 142 Å². The van der Waals surface area contributed by atoms with Crippen LogP contribution in [0.25, 0.3) is 10.4 Å². The summed E-state index contributed by atoms with van der Waals surface area (Å²) in [7, 11) is 3.74. The normalized spacial score (nSPS) is 37.6. The minimum Gasteiger partial charge on any atom is -0.459 e. The van der Waals surface area contributed by atoms with Crippen LogP contribution < -0.4 is 0 Å². The Labute approximate surface area is 357 Å². The van der Waals surface area contributed by atoms with E-state index >= 15 is 0 Å². The molecule has 3 fully saturated rings. The van der Waals surface area contributed by atoms with Crippen molar-refractivity contribution in [3.63, 3.8) is 0 Å². The van der Waals surface area contributed by atoms with Crippen LogP contribution in [-0.2, 0) is 49.5 Å².